The number of rotatable bonds is 4. The summed E-state index contributed by atoms with van der Waals surface area (Å²) < 4.78 is 4.72. The van der Waals surface area contributed by atoms with Gasteiger partial charge >= 0.3 is 0 Å². The largest absolute Gasteiger partial charge is 0.309 e. The number of fused-ring (bicyclic) bond motifs is 16. The van der Waals surface area contributed by atoms with E-state index in [2.05, 4.69) is 205 Å². The minimum Gasteiger partial charge on any atom is -0.309 e. The fraction of sp³-hybridized carbons (Fsp3) is 0.0500. The lowest BCUT2D eigenvalue weighted by Crippen LogP contribution is -2.14. The lowest BCUT2D eigenvalue weighted by atomic mass is 9.82. The molecule has 14 rings (SSSR count). The van der Waals surface area contributed by atoms with Crippen LogP contribution in [0.25, 0.3) is 121 Å². The average molecular weight is 830 g/mol. The molecule has 5 nitrogen and oxygen atoms in total. The maximum absolute atomic E-state index is 5.42. The molecule has 0 bridgehead atoms. The monoisotopic (exact) mass is 829 g/mol. The van der Waals surface area contributed by atoms with Crippen LogP contribution in [0.2, 0.25) is 0 Å². The van der Waals surface area contributed by atoms with E-state index in [9.17, 15) is 0 Å². The van der Waals surface area contributed by atoms with Gasteiger partial charge in [-0.3, -0.25) is 4.57 Å². The van der Waals surface area contributed by atoms with Gasteiger partial charge in [-0.15, -0.1) is 0 Å². The number of aromatic nitrogens is 5. The first-order valence-electron chi connectivity index (χ1n) is 22.4. The molecule has 0 unspecified atom stereocenters. The van der Waals surface area contributed by atoms with Gasteiger partial charge in [-0.2, -0.15) is 9.97 Å². The highest BCUT2D eigenvalue weighted by Gasteiger charge is 2.35. The highest BCUT2D eigenvalue weighted by atomic mass is 15.2. The zero-order chi connectivity index (χ0) is 43.0. The third kappa shape index (κ3) is 5.06. The van der Waals surface area contributed by atoms with Gasteiger partial charge in [-0.05, 0) is 91.0 Å². The molecular formula is C60H39N5. The summed E-state index contributed by atoms with van der Waals surface area (Å²) in [6, 6.07) is 72.4. The minimum atomic E-state index is -0.101. The van der Waals surface area contributed by atoms with E-state index in [1.54, 1.807) is 0 Å². The molecule has 0 saturated heterocycles. The molecule has 0 radical (unpaired) electrons. The van der Waals surface area contributed by atoms with Crippen molar-refractivity contribution in [1.29, 1.82) is 0 Å². The van der Waals surface area contributed by atoms with Crippen LogP contribution in [0.5, 0.6) is 0 Å². The van der Waals surface area contributed by atoms with E-state index in [1.165, 1.54) is 65.3 Å². The molecule has 304 valence electrons. The molecule has 0 fully saturated rings. The topological polar surface area (TPSA) is 48.5 Å². The van der Waals surface area contributed by atoms with Gasteiger partial charge < -0.3 is 4.57 Å². The summed E-state index contributed by atoms with van der Waals surface area (Å²) in [6.45, 7) is 4.63. The molecule has 0 spiro atoms. The number of hydrogen-bond acceptors (Lipinski definition) is 3. The van der Waals surface area contributed by atoms with Crippen LogP contribution in [-0.2, 0) is 5.41 Å². The summed E-state index contributed by atoms with van der Waals surface area (Å²) in [7, 11) is 0. The molecule has 1 aliphatic carbocycles. The fourth-order valence-electron chi connectivity index (χ4n) is 11.2. The number of hydrogen-bond donors (Lipinski definition) is 0. The Bertz CT molecular complexity index is 4120. The SMILES string of the molecule is CC1(C)c2ccccc2-c2cc(-c3nc(-c4ccccc4)nc(-n4c5ccccc5c5c4ccc4c6ccccc6n(-c6ccc7c8ccccc8c8ccccc8c7c6)c45)n3)ccc21. The standard InChI is InChI=1S/C60H39N5/c1-60(2)50-25-13-10-22-44(50)49-34-37(28-32-51(49)60)58-61-57(36-16-4-3-5-17-36)62-59(63-58)65-53-27-15-12-24-47(53)55-54(65)33-31-46-45-23-11-14-26-52(45)64(56(46)55)38-29-30-43-41-20-7-6-18-39(41)40-19-8-9-21-42(40)48(43)35-38/h3-35H,1-2H3. The fourth-order valence-corrected chi connectivity index (χ4v) is 11.2. The summed E-state index contributed by atoms with van der Waals surface area (Å²) in [6.07, 6.45) is 0. The van der Waals surface area contributed by atoms with Gasteiger partial charge in [-0.25, -0.2) is 4.98 Å². The van der Waals surface area contributed by atoms with Crippen molar-refractivity contribution in [2.75, 3.05) is 0 Å². The summed E-state index contributed by atoms with van der Waals surface area (Å²) in [4.78, 5) is 16.0. The molecule has 0 N–H and O–H groups in total. The average Bonchev–Trinajstić information content (AvgIpc) is 3.97. The quantitative estimate of drug-likeness (QED) is 0.166. The predicted molar refractivity (Wildman–Crippen MR) is 269 cm³/mol. The summed E-state index contributed by atoms with van der Waals surface area (Å²) in [5.74, 6) is 1.84. The van der Waals surface area contributed by atoms with Gasteiger partial charge in [0.1, 0.15) is 0 Å². The predicted octanol–water partition coefficient (Wildman–Crippen LogP) is 15.2. The van der Waals surface area contributed by atoms with Crippen molar-refractivity contribution in [1.82, 2.24) is 24.1 Å². The highest BCUT2D eigenvalue weighted by molar-refractivity contribution is 6.28. The first-order chi connectivity index (χ1) is 32.0. The molecule has 3 aromatic heterocycles. The van der Waals surface area contributed by atoms with Crippen molar-refractivity contribution >= 4 is 75.9 Å². The lowest BCUT2D eigenvalue weighted by molar-refractivity contribution is 0.660. The van der Waals surface area contributed by atoms with Crippen molar-refractivity contribution in [3.05, 3.63) is 211 Å². The minimum absolute atomic E-state index is 0.101. The maximum Gasteiger partial charge on any atom is 0.238 e. The van der Waals surface area contributed by atoms with Gasteiger partial charge in [0.25, 0.3) is 0 Å². The van der Waals surface area contributed by atoms with Crippen molar-refractivity contribution in [3.63, 3.8) is 0 Å². The Labute approximate surface area is 374 Å². The molecule has 0 aliphatic heterocycles. The zero-order valence-corrected chi connectivity index (χ0v) is 35.8. The molecule has 65 heavy (non-hydrogen) atoms. The van der Waals surface area contributed by atoms with E-state index in [1.807, 2.05) is 18.2 Å². The van der Waals surface area contributed by atoms with E-state index in [0.717, 1.165) is 49.7 Å². The molecule has 5 heteroatoms. The van der Waals surface area contributed by atoms with Crippen LogP contribution in [0.1, 0.15) is 25.0 Å². The highest BCUT2D eigenvalue weighted by Crippen LogP contribution is 2.50. The van der Waals surface area contributed by atoms with Crippen molar-refractivity contribution < 1.29 is 0 Å². The Morgan fingerprint density at radius 1 is 0.354 bits per heavy atom. The second kappa shape index (κ2) is 13.3. The van der Waals surface area contributed by atoms with Crippen LogP contribution >= 0.6 is 0 Å². The van der Waals surface area contributed by atoms with Crippen molar-refractivity contribution in [2.24, 2.45) is 0 Å². The second-order valence-corrected chi connectivity index (χ2v) is 18.0. The smallest absolute Gasteiger partial charge is 0.238 e. The Morgan fingerprint density at radius 3 is 1.65 bits per heavy atom. The number of benzene rings is 10. The van der Waals surface area contributed by atoms with Gasteiger partial charge in [0.2, 0.25) is 5.95 Å². The molecule has 1 aliphatic rings. The van der Waals surface area contributed by atoms with Crippen molar-refractivity contribution in [2.45, 2.75) is 19.3 Å². The summed E-state index contributed by atoms with van der Waals surface area (Å²) >= 11 is 0. The molecular weight excluding hydrogens is 791 g/mol. The molecule has 10 aromatic carbocycles. The number of nitrogens with zero attached hydrogens (tertiary/aromatic N) is 5. The van der Waals surface area contributed by atoms with Crippen LogP contribution < -0.4 is 0 Å². The Kier molecular flexibility index (Phi) is 7.39. The molecule has 0 amide bonds. The van der Waals surface area contributed by atoms with Gasteiger partial charge in [-0.1, -0.05) is 178 Å². The Hall–Kier alpha value is -8.41. The van der Waals surface area contributed by atoms with Crippen LogP contribution in [-0.4, -0.2) is 24.1 Å². The van der Waals surface area contributed by atoms with Crippen LogP contribution in [0, 0.1) is 0 Å². The van der Waals surface area contributed by atoms with E-state index in [4.69, 9.17) is 15.0 Å². The first-order valence-corrected chi connectivity index (χ1v) is 22.4. The van der Waals surface area contributed by atoms with Crippen LogP contribution in [0.4, 0.5) is 0 Å². The normalized spacial score (nSPS) is 13.2. The zero-order valence-electron chi connectivity index (χ0n) is 35.8. The van der Waals surface area contributed by atoms with E-state index in [-0.39, 0.29) is 5.41 Å². The van der Waals surface area contributed by atoms with Crippen LogP contribution in [0.3, 0.4) is 0 Å². The third-order valence-corrected chi connectivity index (χ3v) is 14.2. The molecule has 13 aromatic rings. The number of para-hydroxylation sites is 2. The van der Waals surface area contributed by atoms with Crippen molar-refractivity contribution in [3.8, 4) is 45.5 Å². The molecule has 0 atom stereocenters. The maximum atomic E-state index is 5.42. The Balaban J connectivity index is 1.05. The van der Waals surface area contributed by atoms with Gasteiger partial charge in [0, 0.05) is 43.8 Å². The third-order valence-electron chi connectivity index (χ3n) is 14.2. The van der Waals surface area contributed by atoms with E-state index in [0.29, 0.717) is 17.6 Å². The summed E-state index contributed by atoms with van der Waals surface area (Å²) in [5, 5.41) is 12.2. The van der Waals surface area contributed by atoms with Crippen LogP contribution in [0.15, 0.2) is 200 Å². The Morgan fingerprint density at radius 2 is 0.908 bits per heavy atom. The summed E-state index contributed by atoms with van der Waals surface area (Å²) in [5.41, 5.74) is 12.4. The lowest BCUT2D eigenvalue weighted by Gasteiger charge is -2.21. The van der Waals surface area contributed by atoms with E-state index >= 15 is 0 Å². The molecule has 3 heterocycles. The first kappa shape index (κ1) is 36.1. The van der Waals surface area contributed by atoms with Gasteiger partial charge in [0.15, 0.2) is 11.6 Å². The second-order valence-electron chi connectivity index (χ2n) is 18.0. The molecule has 0 saturated carbocycles. The van der Waals surface area contributed by atoms with Gasteiger partial charge in [0.05, 0.1) is 22.1 Å². The van der Waals surface area contributed by atoms with E-state index < -0.39 is 0 Å².